The third kappa shape index (κ3) is 5.32. The Morgan fingerprint density at radius 1 is 1.11 bits per heavy atom. The molecular weight excluding hydrogens is 368 g/mol. The van der Waals surface area contributed by atoms with Gasteiger partial charge in [-0.1, -0.05) is 38.1 Å². The van der Waals surface area contributed by atoms with Gasteiger partial charge in [0.1, 0.15) is 5.75 Å². The molecule has 0 aliphatic heterocycles. The number of ether oxygens (including phenoxy) is 1. The molecule has 4 heteroatoms. The van der Waals surface area contributed by atoms with Gasteiger partial charge in [0.05, 0.1) is 0 Å². The molecule has 3 nitrogen and oxygen atoms in total. The third-order valence-corrected chi connectivity index (χ3v) is 6.19. The number of hydrogen-bond acceptors (Lipinski definition) is 3. The number of aryl methyl sites for hydroxylation is 2. The predicted molar refractivity (Wildman–Crippen MR) is 118 cm³/mol. The number of hydrogen-bond donors (Lipinski definition) is 1. The number of carboxylic acids is 1. The summed E-state index contributed by atoms with van der Waals surface area (Å²) in [5, 5.41) is 9.35. The Labute approximate surface area is 173 Å². The number of benzene rings is 2. The first kappa shape index (κ1) is 22.4. The average Bonchev–Trinajstić information content (AvgIpc) is 2.64. The highest BCUT2D eigenvalue weighted by atomic mass is 32.2. The van der Waals surface area contributed by atoms with Gasteiger partial charge in [-0.3, -0.25) is 0 Å². The number of rotatable bonds is 8. The van der Waals surface area contributed by atoms with Crippen molar-refractivity contribution in [1.29, 1.82) is 0 Å². The lowest BCUT2D eigenvalue weighted by Gasteiger charge is -2.26. The normalized spacial score (nSPS) is 13.8. The zero-order valence-electron chi connectivity index (χ0n) is 18.0. The smallest absolute Gasteiger partial charge is 0.347 e. The fourth-order valence-corrected chi connectivity index (χ4v) is 3.75. The van der Waals surface area contributed by atoms with Crippen LogP contribution >= 0.6 is 11.8 Å². The standard InChI is InChI=1S/C24H32O3S/c1-15(12-19-8-10-21(28-7)11-9-19)18(4)20-13-16(2)22(17(3)14-20)27-24(5,6)23(25)26/h8-11,13-15,18H,12H2,1-7H3,(H,25,26)/t15-,18+/m0/s1. The highest BCUT2D eigenvalue weighted by molar-refractivity contribution is 7.98. The summed E-state index contributed by atoms with van der Waals surface area (Å²) in [6.45, 7) is 11.7. The molecule has 0 saturated carbocycles. The molecule has 0 amide bonds. The first-order chi connectivity index (χ1) is 13.0. The SMILES string of the molecule is CSc1ccc(C[C@H](C)[C@@H](C)c2cc(C)c(OC(C)(C)C(=O)O)c(C)c2)cc1. The zero-order valence-corrected chi connectivity index (χ0v) is 18.8. The topological polar surface area (TPSA) is 46.5 Å². The monoisotopic (exact) mass is 400 g/mol. The number of thioether (sulfide) groups is 1. The molecule has 152 valence electrons. The van der Waals surface area contributed by atoms with E-state index in [0.29, 0.717) is 17.6 Å². The lowest BCUT2D eigenvalue weighted by Crippen LogP contribution is -2.38. The van der Waals surface area contributed by atoms with Crippen molar-refractivity contribution in [1.82, 2.24) is 0 Å². The Bertz CT molecular complexity index is 801. The molecule has 0 bridgehead atoms. The highest BCUT2D eigenvalue weighted by Crippen LogP contribution is 2.34. The summed E-state index contributed by atoms with van der Waals surface area (Å²) < 4.78 is 5.84. The maximum atomic E-state index is 11.4. The van der Waals surface area contributed by atoms with Crippen molar-refractivity contribution in [2.45, 2.75) is 64.4 Å². The summed E-state index contributed by atoms with van der Waals surface area (Å²) in [6.07, 6.45) is 3.12. The minimum atomic E-state index is -1.25. The molecule has 2 aromatic carbocycles. The summed E-state index contributed by atoms with van der Waals surface area (Å²) in [7, 11) is 0. The number of carbonyl (C=O) groups is 1. The van der Waals surface area contributed by atoms with Gasteiger partial charge < -0.3 is 9.84 Å². The van der Waals surface area contributed by atoms with Crippen molar-refractivity contribution in [3.63, 3.8) is 0 Å². The van der Waals surface area contributed by atoms with Crippen molar-refractivity contribution in [2.24, 2.45) is 5.92 Å². The van der Waals surface area contributed by atoms with Gasteiger partial charge in [0.2, 0.25) is 0 Å². The van der Waals surface area contributed by atoms with Crippen molar-refractivity contribution < 1.29 is 14.6 Å². The van der Waals surface area contributed by atoms with Gasteiger partial charge in [-0.25, -0.2) is 4.79 Å². The van der Waals surface area contributed by atoms with Gasteiger partial charge in [0, 0.05) is 4.90 Å². The van der Waals surface area contributed by atoms with Gasteiger partial charge in [-0.15, -0.1) is 11.8 Å². The van der Waals surface area contributed by atoms with Crippen LogP contribution in [0.1, 0.15) is 55.9 Å². The molecular formula is C24H32O3S. The number of aliphatic carboxylic acids is 1. The second kappa shape index (κ2) is 9.04. The lowest BCUT2D eigenvalue weighted by atomic mass is 9.83. The molecule has 0 saturated heterocycles. The summed E-state index contributed by atoms with van der Waals surface area (Å²) >= 11 is 1.76. The predicted octanol–water partition coefficient (Wildman–Crippen LogP) is 6.25. The zero-order chi connectivity index (χ0) is 21.1. The number of carboxylic acid groups (broad SMARTS) is 1. The van der Waals surface area contributed by atoms with Gasteiger partial charge in [0.15, 0.2) is 5.60 Å². The maximum absolute atomic E-state index is 11.4. The fourth-order valence-electron chi connectivity index (χ4n) is 3.35. The van der Waals surface area contributed by atoms with E-state index in [-0.39, 0.29) is 0 Å². The largest absolute Gasteiger partial charge is 0.478 e. The molecule has 0 radical (unpaired) electrons. The second-order valence-electron chi connectivity index (χ2n) is 8.22. The second-order valence-corrected chi connectivity index (χ2v) is 9.10. The molecule has 0 heterocycles. The Morgan fingerprint density at radius 3 is 2.11 bits per heavy atom. The molecule has 0 aromatic heterocycles. The average molecular weight is 401 g/mol. The molecule has 28 heavy (non-hydrogen) atoms. The van der Waals surface area contributed by atoms with Crippen molar-refractivity contribution in [3.05, 3.63) is 58.7 Å². The van der Waals surface area contributed by atoms with E-state index in [1.54, 1.807) is 25.6 Å². The van der Waals surface area contributed by atoms with Crippen LogP contribution in [0.25, 0.3) is 0 Å². The maximum Gasteiger partial charge on any atom is 0.347 e. The fraction of sp³-hybridized carbons (Fsp3) is 0.458. The molecule has 0 aliphatic rings. The molecule has 2 atom stereocenters. The van der Waals surface area contributed by atoms with Crippen LogP contribution in [-0.2, 0) is 11.2 Å². The van der Waals surface area contributed by atoms with Crippen LogP contribution in [-0.4, -0.2) is 22.9 Å². The van der Waals surface area contributed by atoms with E-state index in [2.05, 4.69) is 56.5 Å². The lowest BCUT2D eigenvalue weighted by molar-refractivity contribution is -0.152. The van der Waals surface area contributed by atoms with E-state index in [9.17, 15) is 9.90 Å². The van der Waals surface area contributed by atoms with Gasteiger partial charge in [-0.2, -0.15) is 0 Å². The molecule has 2 aromatic rings. The van der Waals surface area contributed by atoms with Gasteiger partial charge >= 0.3 is 5.97 Å². The summed E-state index contributed by atoms with van der Waals surface area (Å²) in [5.41, 5.74) is 3.33. The van der Waals surface area contributed by atoms with E-state index >= 15 is 0 Å². The molecule has 0 fully saturated rings. The molecule has 2 rings (SSSR count). The first-order valence-electron chi connectivity index (χ1n) is 9.71. The van der Waals surface area contributed by atoms with Crippen LogP contribution in [0.3, 0.4) is 0 Å². The third-order valence-electron chi connectivity index (χ3n) is 5.45. The summed E-state index contributed by atoms with van der Waals surface area (Å²) in [4.78, 5) is 12.7. The van der Waals surface area contributed by atoms with E-state index in [4.69, 9.17) is 4.74 Å². The van der Waals surface area contributed by atoms with E-state index in [1.165, 1.54) is 16.0 Å². The van der Waals surface area contributed by atoms with Crippen LogP contribution in [0.4, 0.5) is 0 Å². The first-order valence-corrected chi connectivity index (χ1v) is 10.9. The van der Waals surface area contributed by atoms with Crippen LogP contribution in [0.5, 0.6) is 5.75 Å². The quantitative estimate of drug-likeness (QED) is 0.532. The molecule has 0 unspecified atom stereocenters. The summed E-state index contributed by atoms with van der Waals surface area (Å²) in [6, 6.07) is 13.1. The van der Waals surface area contributed by atoms with E-state index in [0.717, 1.165) is 17.5 Å². The van der Waals surface area contributed by atoms with E-state index < -0.39 is 11.6 Å². The van der Waals surface area contributed by atoms with Crippen molar-refractivity contribution >= 4 is 17.7 Å². The Hall–Kier alpha value is -1.94. The molecule has 0 aliphatic carbocycles. The van der Waals surface area contributed by atoms with Crippen molar-refractivity contribution in [3.8, 4) is 5.75 Å². The Kier molecular flexibility index (Phi) is 7.22. The van der Waals surface area contributed by atoms with Crippen LogP contribution < -0.4 is 4.74 Å². The minimum Gasteiger partial charge on any atom is -0.478 e. The van der Waals surface area contributed by atoms with E-state index in [1.807, 2.05) is 13.8 Å². The molecule has 0 spiro atoms. The van der Waals surface area contributed by atoms with Crippen molar-refractivity contribution in [2.75, 3.05) is 6.26 Å². The van der Waals surface area contributed by atoms with Gasteiger partial charge in [0.25, 0.3) is 0 Å². The summed E-state index contributed by atoms with van der Waals surface area (Å²) in [5.74, 6) is 0.578. The van der Waals surface area contributed by atoms with Crippen LogP contribution in [0.2, 0.25) is 0 Å². The molecule has 1 N–H and O–H groups in total. The Morgan fingerprint density at radius 2 is 1.64 bits per heavy atom. The minimum absolute atomic E-state index is 0.388. The highest BCUT2D eigenvalue weighted by Gasteiger charge is 2.30. The van der Waals surface area contributed by atoms with Crippen LogP contribution in [0, 0.1) is 19.8 Å². The Balaban J connectivity index is 2.18. The van der Waals surface area contributed by atoms with Crippen LogP contribution in [0.15, 0.2) is 41.3 Å². The van der Waals surface area contributed by atoms with Gasteiger partial charge in [-0.05, 0) is 86.6 Å².